The fourth-order valence-corrected chi connectivity index (χ4v) is 2.23. The lowest BCUT2D eigenvalue weighted by atomic mass is 10.2. The van der Waals surface area contributed by atoms with Gasteiger partial charge in [0, 0.05) is 33.2 Å². The number of piperazine rings is 1. The number of amides is 1. The Labute approximate surface area is 127 Å². The van der Waals surface area contributed by atoms with Gasteiger partial charge in [-0.1, -0.05) is 0 Å². The number of anilines is 1. The molecule has 0 aromatic carbocycles. The number of ether oxygens (including phenoxy) is 1. The summed E-state index contributed by atoms with van der Waals surface area (Å²) in [6.45, 7) is 8.31. The highest BCUT2D eigenvalue weighted by molar-refractivity contribution is 9.10. The van der Waals surface area contributed by atoms with Crippen LogP contribution in [0.25, 0.3) is 0 Å². The van der Waals surface area contributed by atoms with E-state index in [4.69, 9.17) is 4.74 Å². The summed E-state index contributed by atoms with van der Waals surface area (Å²) in [4.78, 5) is 15.8. The molecule has 1 fully saturated rings. The van der Waals surface area contributed by atoms with Crippen LogP contribution in [0.3, 0.4) is 0 Å². The van der Waals surface area contributed by atoms with Crippen LogP contribution in [-0.4, -0.2) is 57.5 Å². The van der Waals surface area contributed by atoms with E-state index in [9.17, 15) is 4.79 Å². The van der Waals surface area contributed by atoms with Crippen molar-refractivity contribution in [2.45, 2.75) is 26.4 Å². The number of halogens is 1. The molecule has 0 radical (unpaired) electrons. The van der Waals surface area contributed by atoms with Gasteiger partial charge in [-0.2, -0.15) is 0 Å². The van der Waals surface area contributed by atoms with Crippen LogP contribution < -0.4 is 4.90 Å². The lowest BCUT2D eigenvalue weighted by molar-refractivity contribution is 0.0240. The predicted octanol–water partition coefficient (Wildman–Crippen LogP) is 1.63. The highest BCUT2D eigenvalue weighted by atomic mass is 79.9. The van der Waals surface area contributed by atoms with E-state index in [2.05, 4.69) is 31.0 Å². The highest BCUT2D eigenvalue weighted by Crippen LogP contribution is 2.18. The molecule has 2 heterocycles. The Bertz CT molecular complexity index is 489. The van der Waals surface area contributed by atoms with Gasteiger partial charge in [0.1, 0.15) is 5.60 Å². The van der Waals surface area contributed by atoms with Gasteiger partial charge in [-0.3, -0.25) is 4.57 Å². The van der Waals surface area contributed by atoms with Gasteiger partial charge < -0.3 is 14.5 Å². The van der Waals surface area contributed by atoms with E-state index >= 15 is 0 Å². The Morgan fingerprint density at radius 2 is 1.80 bits per heavy atom. The minimum atomic E-state index is -0.456. The lowest BCUT2D eigenvalue weighted by Crippen LogP contribution is -2.50. The van der Waals surface area contributed by atoms with Crippen molar-refractivity contribution in [3.8, 4) is 0 Å². The molecule has 1 aliphatic rings. The molecule has 0 bridgehead atoms. The van der Waals surface area contributed by atoms with Crippen molar-refractivity contribution in [1.29, 1.82) is 0 Å². The summed E-state index contributed by atoms with van der Waals surface area (Å²) in [5, 5.41) is 8.10. The number of carbonyl (C=O) groups is 1. The third-order valence-corrected chi connectivity index (χ3v) is 3.70. The minimum absolute atomic E-state index is 0.253. The molecule has 8 heteroatoms. The molecule has 0 N–H and O–H groups in total. The average molecular weight is 346 g/mol. The smallest absolute Gasteiger partial charge is 0.410 e. The maximum absolute atomic E-state index is 12.0. The number of hydrogen-bond acceptors (Lipinski definition) is 5. The standard InChI is InChI=1S/C12H20BrN5O2/c1-12(2,3)20-11(19)18-7-5-17(6-8-18)10-15-14-9(13)16(10)4/h5-8H2,1-4H3. The first-order valence-electron chi connectivity index (χ1n) is 6.56. The monoisotopic (exact) mass is 345 g/mol. The Hall–Kier alpha value is -1.31. The maximum atomic E-state index is 12.0. The van der Waals surface area contributed by atoms with Crippen molar-refractivity contribution in [2.75, 3.05) is 31.1 Å². The van der Waals surface area contributed by atoms with E-state index < -0.39 is 5.60 Å². The van der Waals surface area contributed by atoms with E-state index in [1.807, 2.05) is 32.4 Å². The Morgan fingerprint density at radius 3 is 2.25 bits per heavy atom. The first-order valence-corrected chi connectivity index (χ1v) is 7.35. The van der Waals surface area contributed by atoms with Crippen molar-refractivity contribution in [2.24, 2.45) is 7.05 Å². The van der Waals surface area contributed by atoms with Crippen molar-refractivity contribution >= 4 is 28.0 Å². The van der Waals surface area contributed by atoms with Gasteiger partial charge in [-0.25, -0.2) is 4.79 Å². The molecule has 1 saturated heterocycles. The highest BCUT2D eigenvalue weighted by Gasteiger charge is 2.27. The first kappa shape index (κ1) is 15.1. The molecule has 112 valence electrons. The summed E-state index contributed by atoms with van der Waals surface area (Å²) in [6, 6.07) is 0. The molecule has 0 unspecified atom stereocenters. The molecule has 2 rings (SSSR count). The largest absolute Gasteiger partial charge is 0.444 e. The van der Waals surface area contributed by atoms with E-state index in [1.165, 1.54) is 0 Å². The van der Waals surface area contributed by atoms with Crippen LogP contribution in [0.1, 0.15) is 20.8 Å². The average Bonchev–Trinajstić information content (AvgIpc) is 2.68. The minimum Gasteiger partial charge on any atom is -0.444 e. The van der Waals surface area contributed by atoms with Crippen molar-refractivity contribution in [3.63, 3.8) is 0 Å². The van der Waals surface area contributed by atoms with Gasteiger partial charge >= 0.3 is 6.09 Å². The second-order valence-corrected chi connectivity index (χ2v) is 6.49. The fraction of sp³-hybridized carbons (Fsp3) is 0.750. The summed E-state index contributed by atoms with van der Waals surface area (Å²) in [6.07, 6.45) is -0.253. The normalized spacial score (nSPS) is 16.4. The van der Waals surface area contributed by atoms with Crippen LogP contribution in [0.15, 0.2) is 4.73 Å². The van der Waals surface area contributed by atoms with Crippen LogP contribution in [0.4, 0.5) is 10.7 Å². The maximum Gasteiger partial charge on any atom is 0.410 e. The van der Waals surface area contributed by atoms with Gasteiger partial charge in [0.05, 0.1) is 0 Å². The van der Waals surface area contributed by atoms with Crippen LogP contribution in [0, 0.1) is 0 Å². The first-order chi connectivity index (χ1) is 9.28. The zero-order chi connectivity index (χ0) is 14.9. The summed E-state index contributed by atoms with van der Waals surface area (Å²) < 4.78 is 7.95. The topological polar surface area (TPSA) is 63.5 Å². The third-order valence-electron chi connectivity index (χ3n) is 3.01. The summed E-state index contributed by atoms with van der Waals surface area (Å²) in [5.74, 6) is 0.806. The quantitative estimate of drug-likeness (QED) is 0.774. The fourth-order valence-electron chi connectivity index (χ4n) is 1.99. The predicted molar refractivity (Wildman–Crippen MR) is 78.7 cm³/mol. The van der Waals surface area contributed by atoms with E-state index in [0.717, 1.165) is 19.0 Å². The summed E-state index contributed by atoms with van der Waals surface area (Å²) >= 11 is 3.33. The molecular weight excluding hydrogens is 326 g/mol. The second-order valence-electron chi connectivity index (χ2n) is 5.78. The van der Waals surface area contributed by atoms with E-state index in [-0.39, 0.29) is 6.09 Å². The molecule has 0 spiro atoms. The SMILES string of the molecule is Cn1c(Br)nnc1N1CCN(C(=O)OC(C)(C)C)CC1. The van der Waals surface area contributed by atoms with Gasteiger partial charge in [-0.05, 0) is 36.7 Å². The van der Waals surface area contributed by atoms with Gasteiger partial charge in [-0.15, -0.1) is 10.2 Å². The molecular formula is C12H20BrN5O2. The molecule has 1 aliphatic heterocycles. The Kier molecular flexibility index (Phi) is 4.22. The molecule has 1 amide bonds. The van der Waals surface area contributed by atoms with Crippen LogP contribution in [0.5, 0.6) is 0 Å². The molecule has 1 aromatic heterocycles. The summed E-state index contributed by atoms with van der Waals surface area (Å²) in [5.41, 5.74) is -0.456. The van der Waals surface area contributed by atoms with Crippen molar-refractivity contribution in [1.82, 2.24) is 19.7 Å². The Balaban J connectivity index is 1.93. The van der Waals surface area contributed by atoms with Crippen LogP contribution in [-0.2, 0) is 11.8 Å². The zero-order valence-corrected chi connectivity index (χ0v) is 13.8. The van der Waals surface area contributed by atoms with Gasteiger partial charge in [0.25, 0.3) is 0 Å². The molecule has 0 aliphatic carbocycles. The van der Waals surface area contributed by atoms with E-state index in [1.54, 1.807) is 4.90 Å². The van der Waals surface area contributed by atoms with E-state index in [0.29, 0.717) is 17.8 Å². The lowest BCUT2D eigenvalue weighted by Gasteiger charge is -2.35. The number of rotatable bonds is 1. The number of aromatic nitrogens is 3. The van der Waals surface area contributed by atoms with Crippen molar-refractivity contribution in [3.05, 3.63) is 4.73 Å². The number of nitrogens with zero attached hydrogens (tertiary/aromatic N) is 5. The molecule has 7 nitrogen and oxygen atoms in total. The molecule has 0 saturated carbocycles. The summed E-state index contributed by atoms with van der Waals surface area (Å²) in [7, 11) is 1.90. The van der Waals surface area contributed by atoms with Crippen LogP contribution >= 0.6 is 15.9 Å². The number of hydrogen-bond donors (Lipinski definition) is 0. The Morgan fingerprint density at radius 1 is 1.20 bits per heavy atom. The second kappa shape index (κ2) is 5.59. The van der Waals surface area contributed by atoms with Crippen LogP contribution in [0.2, 0.25) is 0 Å². The third kappa shape index (κ3) is 3.41. The zero-order valence-electron chi connectivity index (χ0n) is 12.3. The van der Waals surface area contributed by atoms with Gasteiger partial charge in [0.15, 0.2) is 0 Å². The molecule has 20 heavy (non-hydrogen) atoms. The molecule has 1 aromatic rings. The van der Waals surface area contributed by atoms with Gasteiger partial charge in [0.2, 0.25) is 10.7 Å². The number of carbonyl (C=O) groups excluding carboxylic acids is 1. The van der Waals surface area contributed by atoms with Crippen molar-refractivity contribution < 1.29 is 9.53 Å². The molecule has 0 atom stereocenters.